The van der Waals surface area contributed by atoms with Gasteiger partial charge in [0.05, 0.1) is 11.0 Å². The molecule has 0 bridgehead atoms. The summed E-state index contributed by atoms with van der Waals surface area (Å²) >= 11 is 0. The van der Waals surface area contributed by atoms with E-state index >= 15 is 0 Å². The molecule has 0 aliphatic carbocycles. The Balaban J connectivity index is 2.94. The number of nitrogens with one attached hydrogen (secondary N) is 1. The van der Waals surface area contributed by atoms with Crippen molar-refractivity contribution in [2.75, 3.05) is 6.54 Å². The van der Waals surface area contributed by atoms with E-state index in [2.05, 4.69) is 5.32 Å². The molecule has 1 aromatic carbocycles. The van der Waals surface area contributed by atoms with E-state index in [-0.39, 0.29) is 17.8 Å². The Morgan fingerprint density at radius 2 is 2.22 bits per heavy atom. The van der Waals surface area contributed by atoms with Crippen molar-refractivity contribution in [2.45, 2.75) is 26.4 Å². The highest BCUT2D eigenvalue weighted by Crippen LogP contribution is 2.21. The van der Waals surface area contributed by atoms with Crippen molar-refractivity contribution in [2.24, 2.45) is 0 Å². The van der Waals surface area contributed by atoms with E-state index in [1.54, 1.807) is 19.9 Å². The van der Waals surface area contributed by atoms with Crippen LogP contribution in [-0.4, -0.2) is 28.6 Å². The highest BCUT2D eigenvalue weighted by Gasteiger charge is 2.22. The van der Waals surface area contributed by atoms with Gasteiger partial charge in [0.1, 0.15) is 5.56 Å². The Bertz CT molecular complexity index is 459. The molecule has 1 unspecified atom stereocenters. The maximum Gasteiger partial charge on any atom is 0.282 e. The summed E-state index contributed by atoms with van der Waals surface area (Å²) in [6, 6.07) is 4.46. The molecular weight excluding hydrogens is 236 g/mol. The van der Waals surface area contributed by atoms with Crippen LogP contribution in [0.15, 0.2) is 18.2 Å². The van der Waals surface area contributed by atoms with Gasteiger partial charge in [-0.2, -0.15) is 0 Å². The van der Waals surface area contributed by atoms with Crippen LogP contribution >= 0.6 is 0 Å². The molecule has 1 rings (SSSR count). The number of benzene rings is 1. The Labute approximate surface area is 105 Å². The summed E-state index contributed by atoms with van der Waals surface area (Å²) in [5.74, 6) is -0.535. The van der Waals surface area contributed by atoms with Crippen LogP contribution in [0.5, 0.6) is 0 Å². The van der Waals surface area contributed by atoms with Gasteiger partial charge in [-0.15, -0.1) is 0 Å². The van der Waals surface area contributed by atoms with E-state index in [1.165, 1.54) is 12.1 Å². The van der Waals surface area contributed by atoms with Gasteiger partial charge in [-0.1, -0.05) is 19.1 Å². The molecule has 0 aromatic heterocycles. The van der Waals surface area contributed by atoms with Crippen LogP contribution in [-0.2, 0) is 0 Å². The highest BCUT2D eigenvalue weighted by molar-refractivity contribution is 5.99. The number of rotatable bonds is 5. The molecule has 0 saturated heterocycles. The van der Waals surface area contributed by atoms with Gasteiger partial charge in [0.2, 0.25) is 0 Å². The van der Waals surface area contributed by atoms with Crippen LogP contribution < -0.4 is 5.32 Å². The summed E-state index contributed by atoms with van der Waals surface area (Å²) < 4.78 is 0. The zero-order chi connectivity index (χ0) is 13.7. The molecule has 2 N–H and O–H groups in total. The van der Waals surface area contributed by atoms with Crippen molar-refractivity contribution < 1.29 is 14.8 Å². The zero-order valence-electron chi connectivity index (χ0n) is 10.3. The topological polar surface area (TPSA) is 92.5 Å². The van der Waals surface area contributed by atoms with E-state index in [0.717, 1.165) is 0 Å². The largest absolute Gasteiger partial charge is 0.391 e. The highest BCUT2D eigenvalue weighted by atomic mass is 16.6. The number of aliphatic hydroxyl groups excluding tert-OH is 1. The minimum atomic E-state index is -0.642. The Hall–Kier alpha value is -1.95. The van der Waals surface area contributed by atoms with Gasteiger partial charge >= 0.3 is 0 Å². The molecule has 6 heteroatoms. The number of nitro benzene ring substituents is 1. The number of amides is 1. The molecule has 0 saturated carbocycles. The van der Waals surface area contributed by atoms with Crippen molar-refractivity contribution in [3.8, 4) is 0 Å². The van der Waals surface area contributed by atoms with Crippen molar-refractivity contribution in [3.05, 3.63) is 39.4 Å². The van der Waals surface area contributed by atoms with E-state index < -0.39 is 16.9 Å². The average Bonchev–Trinajstić information content (AvgIpc) is 2.34. The maximum atomic E-state index is 11.9. The molecule has 18 heavy (non-hydrogen) atoms. The minimum absolute atomic E-state index is 0.0470. The molecule has 0 radical (unpaired) electrons. The second-order valence-electron chi connectivity index (χ2n) is 4.00. The first kappa shape index (κ1) is 14.1. The van der Waals surface area contributed by atoms with Crippen molar-refractivity contribution in [3.63, 3.8) is 0 Å². The van der Waals surface area contributed by atoms with Crippen LogP contribution in [0.25, 0.3) is 0 Å². The zero-order valence-corrected chi connectivity index (χ0v) is 10.3. The number of nitro groups is 1. The van der Waals surface area contributed by atoms with E-state index in [4.69, 9.17) is 0 Å². The number of carbonyl (C=O) groups is 1. The molecule has 0 aliphatic heterocycles. The van der Waals surface area contributed by atoms with Crippen molar-refractivity contribution in [1.29, 1.82) is 0 Å². The Morgan fingerprint density at radius 1 is 1.56 bits per heavy atom. The maximum absolute atomic E-state index is 11.9. The molecule has 1 amide bonds. The lowest BCUT2D eigenvalue weighted by molar-refractivity contribution is -0.385. The second-order valence-corrected chi connectivity index (χ2v) is 4.00. The number of aliphatic hydroxyl groups is 1. The third-order valence-corrected chi connectivity index (χ3v) is 2.64. The molecule has 0 aliphatic rings. The molecule has 6 nitrogen and oxygen atoms in total. The van der Waals surface area contributed by atoms with Gasteiger partial charge in [0.25, 0.3) is 11.6 Å². The third kappa shape index (κ3) is 3.27. The summed E-state index contributed by atoms with van der Waals surface area (Å²) in [5, 5.41) is 22.7. The lowest BCUT2D eigenvalue weighted by Gasteiger charge is -2.11. The summed E-state index contributed by atoms with van der Waals surface area (Å²) in [7, 11) is 0. The predicted octanol–water partition coefficient (Wildman–Crippen LogP) is 1.40. The average molecular weight is 252 g/mol. The fourth-order valence-electron chi connectivity index (χ4n) is 1.54. The Kier molecular flexibility index (Phi) is 4.79. The summed E-state index contributed by atoms with van der Waals surface area (Å²) in [4.78, 5) is 22.1. The van der Waals surface area contributed by atoms with E-state index in [1.807, 2.05) is 0 Å². The summed E-state index contributed by atoms with van der Waals surface area (Å²) in [6.07, 6.45) is -0.132. The van der Waals surface area contributed by atoms with Gasteiger partial charge in [-0.25, -0.2) is 0 Å². The second kappa shape index (κ2) is 6.11. The lowest BCUT2D eigenvalue weighted by atomic mass is 10.1. The number of hydrogen-bond donors (Lipinski definition) is 2. The summed E-state index contributed by atoms with van der Waals surface area (Å²) in [5.41, 5.74) is 0.358. The normalized spacial score (nSPS) is 11.9. The third-order valence-electron chi connectivity index (χ3n) is 2.64. The molecular formula is C12H16N2O4. The van der Waals surface area contributed by atoms with Crippen LogP contribution in [0, 0.1) is 17.0 Å². The fourth-order valence-corrected chi connectivity index (χ4v) is 1.54. The van der Waals surface area contributed by atoms with Gasteiger partial charge in [-0.3, -0.25) is 14.9 Å². The first-order chi connectivity index (χ1) is 8.47. The van der Waals surface area contributed by atoms with Gasteiger partial charge < -0.3 is 10.4 Å². The van der Waals surface area contributed by atoms with Crippen molar-refractivity contribution >= 4 is 11.6 Å². The molecule has 98 valence electrons. The molecule has 1 atom stereocenters. The number of aryl methyl sites for hydroxylation is 1. The predicted molar refractivity (Wildman–Crippen MR) is 66.5 cm³/mol. The van der Waals surface area contributed by atoms with Crippen LogP contribution in [0.2, 0.25) is 0 Å². The number of carbonyl (C=O) groups excluding carboxylic acids is 1. The molecule has 0 fully saturated rings. The van der Waals surface area contributed by atoms with Gasteiger partial charge in [-0.05, 0) is 18.9 Å². The SMILES string of the molecule is CCC(O)CNC(=O)c1c(C)cccc1[N+](=O)[O-]. The summed E-state index contributed by atoms with van der Waals surface area (Å²) in [6.45, 7) is 3.51. The van der Waals surface area contributed by atoms with E-state index in [9.17, 15) is 20.0 Å². The molecule has 0 heterocycles. The van der Waals surface area contributed by atoms with Crippen LogP contribution in [0.3, 0.4) is 0 Å². The monoisotopic (exact) mass is 252 g/mol. The van der Waals surface area contributed by atoms with Crippen molar-refractivity contribution in [1.82, 2.24) is 5.32 Å². The standard InChI is InChI=1S/C12H16N2O4/c1-3-9(15)7-13-12(16)11-8(2)5-4-6-10(11)14(17)18/h4-6,9,15H,3,7H2,1-2H3,(H,13,16). The number of nitrogens with zero attached hydrogens (tertiary/aromatic N) is 1. The quantitative estimate of drug-likeness (QED) is 0.612. The van der Waals surface area contributed by atoms with Gasteiger partial charge in [0.15, 0.2) is 0 Å². The number of hydrogen-bond acceptors (Lipinski definition) is 4. The lowest BCUT2D eigenvalue weighted by Crippen LogP contribution is -2.32. The molecule has 0 spiro atoms. The minimum Gasteiger partial charge on any atom is -0.391 e. The first-order valence-electron chi connectivity index (χ1n) is 5.67. The van der Waals surface area contributed by atoms with Gasteiger partial charge in [0, 0.05) is 12.6 Å². The smallest absolute Gasteiger partial charge is 0.282 e. The Morgan fingerprint density at radius 3 is 2.78 bits per heavy atom. The van der Waals surface area contributed by atoms with Crippen LogP contribution in [0.4, 0.5) is 5.69 Å². The van der Waals surface area contributed by atoms with E-state index in [0.29, 0.717) is 12.0 Å². The first-order valence-corrected chi connectivity index (χ1v) is 5.67. The molecule has 1 aromatic rings. The fraction of sp³-hybridized carbons (Fsp3) is 0.417. The van der Waals surface area contributed by atoms with Crippen LogP contribution in [0.1, 0.15) is 29.3 Å².